The summed E-state index contributed by atoms with van der Waals surface area (Å²) in [7, 11) is 0. The van der Waals surface area contributed by atoms with Crippen LogP contribution in [0.2, 0.25) is 0 Å². The van der Waals surface area contributed by atoms with E-state index in [2.05, 4.69) is 17.0 Å². The first-order chi connectivity index (χ1) is 7.13. The van der Waals surface area contributed by atoms with Gasteiger partial charge in [-0.1, -0.05) is 6.58 Å². The van der Waals surface area contributed by atoms with Crippen molar-refractivity contribution in [2.45, 2.75) is 19.5 Å². The number of hydrogen-bond donors (Lipinski definition) is 1. The maximum absolute atomic E-state index is 12.1. The molecule has 0 saturated carbocycles. The quantitative estimate of drug-likeness (QED) is 0.743. The van der Waals surface area contributed by atoms with Gasteiger partial charge in [-0.2, -0.15) is 5.10 Å². The van der Waals surface area contributed by atoms with E-state index in [-0.39, 0.29) is 12.5 Å². The van der Waals surface area contributed by atoms with Crippen LogP contribution in [-0.4, -0.2) is 22.1 Å². The summed E-state index contributed by atoms with van der Waals surface area (Å²) in [4.78, 5) is 10.8. The van der Waals surface area contributed by atoms with Gasteiger partial charge in [0, 0.05) is 6.20 Å². The van der Waals surface area contributed by atoms with Crippen molar-refractivity contribution in [1.82, 2.24) is 15.1 Å². The number of carbonyl (C=O) groups is 1. The summed E-state index contributed by atoms with van der Waals surface area (Å²) in [5, 5.41) is 6.21. The normalized spacial score (nSPS) is 10.3. The van der Waals surface area contributed by atoms with Gasteiger partial charge in [-0.05, 0) is 12.1 Å². The predicted molar refractivity (Wildman–Crippen MR) is 50.3 cm³/mol. The Morgan fingerprint density at radius 2 is 2.47 bits per heavy atom. The van der Waals surface area contributed by atoms with Gasteiger partial charge >= 0.3 is 0 Å². The Balaban J connectivity index is 2.57. The van der Waals surface area contributed by atoms with Gasteiger partial charge in [0.05, 0.1) is 12.2 Å². The Labute approximate surface area is 85.6 Å². The fraction of sp³-hybridized carbons (Fsp3) is 0.333. The van der Waals surface area contributed by atoms with E-state index in [0.29, 0.717) is 5.69 Å². The van der Waals surface area contributed by atoms with Crippen molar-refractivity contribution in [2.24, 2.45) is 0 Å². The molecule has 0 atom stereocenters. The lowest BCUT2D eigenvalue weighted by atomic mass is 10.4. The van der Waals surface area contributed by atoms with Crippen LogP contribution in [0.1, 0.15) is 5.69 Å². The van der Waals surface area contributed by atoms with Gasteiger partial charge in [0.15, 0.2) is 0 Å². The molecule has 0 bridgehead atoms. The number of aromatic nitrogens is 2. The highest BCUT2D eigenvalue weighted by atomic mass is 19.3. The Kier molecular flexibility index (Phi) is 3.96. The molecular formula is C9H11F2N3O. The number of amides is 1. The average molecular weight is 215 g/mol. The van der Waals surface area contributed by atoms with E-state index in [0.717, 1.165) is 10.8 Å². The van der Waals surface area contributed by atoms with Gasteiger partial charge < -0.3 is 5.32 Å². The fourth-order valence-electron chi connectivity index (χ4n) is 1.06. The third-order valence-corrected chi connectivity index (χ3v) is 1.74. The minimum absolute atomic E-state index is 0.164. The third-order valence-electron chi connectivity index (χ3n) is 1.74. The second-order valence-corrected chi connectivity index (χ2v) is 2.82. The number of hydrogen-bond acceptors (Lipinski definition) is 2. The van der Waals surface area contributed by atoms with Crippen molar-refractivity contribution >= 4 is 5.91 Å². The molecule has 15 heavy (non-hydrogen) atoms. The van der Waals surface area contributed by atoms with Gasteiger partial charge in [-0.3, -0.25) is 9.48 Å². The molecule has 82 valence electrons. The Morgan fingerprint density at radius 3 is 3.07 bits per heavy atom. The van der Waals surface area contributed by atoms with E-state index in [1.807, 2.05) is 0 Å². The van der Waals surface area contributed by atoms with E-state index in [9.17, 15) is 13.6 Å². The molecule has 0 fully saturated rings. The van der Waals surface area contributed by atoms with Crippen LogP contribution in [0.25, 0.3) is 0 Å². The lowest BCUT2D eigenvalue weighted by molar-refractivity contribution is -0.116. The van der Waals surface area contributed by atoms with Crippen LogP contribution in [0.15, 0.2) is 24.9 Å². The number of carbonyl (C=O) groups excluding carboxylic acids is 1. The monoisotopic (exact) mass is 215 g/mol. The van der Waals surface area contributed by atoms with Crippen molar-refractivity contribution in [2.75, 3.05) is 0 Å². The third kappa shape index (κ3) is 3.49. The van der Waals surface area contributed by atoms with Crippen LogP contribution in [0.5, 0.6) is 0 Å². The molecule has 0 aromatic carbocycles. The Hall–Kier alpha value is -1.72. The molecular weight excluding hydrogens is 204 g/mol. The highest BCUT2D eigenvalue weighted by Gasteiger charge is 2.08. The summed E-state index contributed by atoms with van der Waals surface area (Å²) >= 11 is 0. The largest absolute Gasteiger partial charge is 0.347 e. The van der Waals surface area contributed by atoms with Gasteiger partial charge in [0.1, 0.15) is 6.54 Å². The lowest BCUT2D eigenvalue weighted by Crippen LogP contribution is -2.23. The summed E-state index contributed by atoms with van der Waals surface area (Å²) in [6.07, 6.45) is 0.0738. The van der Waals surface area contributed by atoms with E-state index in [4.69, 9.17) is 0 Å². The van der Waals surface area contributed by atoms with Crippen molar-refractivity contribution in [3.8, 4) is 0 Å². The molecule has 1 heterocycles. The van der Waals surface area contributed by atoms with E-state index < -0.39 is 13.0 Å². The zero-order chi connectivity index (χ0) is 11.3. The van der Waals surface area contributed by atoms with Crippen molar-refractivity contribution in [1.29, 1.82) is 0 Å². The molecule has 6 heteroatoms. The fourth-order valence-corrected chi connectivity index (χ4v) is 1.06. The molecule has 1 amide bonds. The van der Waals surface area contributed by atoms with Crippen LogP contribution in [0, 0.1) is 0 Å². The van der Waals surface area contributed by atoms with Gasteiger partial charge in [0.25, 0.3) is 6.43 Å². The molecule has 1 N–H and O–H groups in total. The number of halogens is 2. The Morgan fingerprint density at radius 1 is 1.73 bits per heavy atom. The molecule has 1 rings (SSSR count). The second kappa shape index (κ2) is 5.23. The molecule has 4 nitrogen and oxygen atoms in total. The van der Waals surface area contributed by atoms with Crippen LogP contribution >= 0.6 is 0 Å². The zero-order valence-corrected chi connectivity index (χ0v) is 7.99. The zero-order valence-electron chi connectivity index (χ0n) is 7.99. The molecule has 0 spiro atoms. The number of nitrogens with zero attached hydrogens (tertiary/aromatic N) is 2. The second-order valence-electron chi connectivity index (χ2n) is 2.82. The molecule has 0 radical (unpaired) electrons. The molecule has 1 aromatic rings. The first-order valence-electron chi connectivity index (χ1n) is 4.32. The van der Waals surface area contributed by atoms with E-state index in [1.54, 1.807) is 6.07 Å². The molecule has 0 aliphatic rings. The minimum Gasteiger partial charge on any atom is -0.347 e. The van der Waals surface area contributed by atoms with Gasteiger partial charge in [-0.15, -0.1) is 0 Å². The molecule has 0 aliphatic carbocycles. The van der Waals surface area contributed by atoms with Crippen LogP contribution in [0.3, 0.4) is 0 Å². The molecule has 0 saturated heterocycles. The maximum Gasteiger partial charge on any atom is 0.257 e. The summed E-state index contributed by atoms with van der Waals surface area (Å²) in [5.74, 6) is -0.347. The topological polar surface area (TPSA) is 46.9 Å². The predicted octanol–water partition coefficient (Wildman–Crippen LogP) is 0.950. The Bertz CT molecular complexity index is 349. The molecule has 0 aliphatic heterocycles. The van der Waals surface area contributed by atoms with Crippen LogP contribution < -0.4 is 5.32 Å². The maximum atomic E-state index is 12.1. The standard InChI is InChI=1S/C9H11F2N3O/c1-2-9(15)12-5-7-3-4-13-14(7)6-8(10)11/h2-4,8H,1,5-6H2,(H,12,15). The van der Waals surface area contributed by atoms with Crippen LogP contribution in [-0.2, 0) is 17.9 Å². The molecule has 1 aromatic heterocycles. The van der Waals surface area contributed by atoms with Crippen molar-refractivity contribution in [3.63, 3.8) is 0 Å². The smallest absolute Gasteiger partial charge is 0.257 e. The highest BCUT2D eigenvalue weighted by Crippen LogP contribution is 2.03. The van der Waals surface area contributed by atoms with Crippen molar-refractivity contribution in [3.05, 3.63) is 30.6 Å². The lowest BCUT2D eigenvalue weighted by Gasteiger charge is -2.06. The van der Waals surface area contributed by atoms with Crippen LogP contribution in [0.4, 0.5) is 8.78 Å². The number of rotatable bonds is 5. The van der Waals surface area contributed by atoms with Gasteiger partial charge in [-0.25, -0.2) is 8.78 Å². The first-order valence-corrected chi connectivity index (χ1v) is 4.32. The first kappa shape index (κ1) is 11.4. The van der Waals surface area contributed by atoms with E-state index in [1.165, 1.54) is 6.20 Å². The summed E-state index contributed by atoms with van der Waals surface area (Å²) < 4.78 is 25.3. The highest BCUT2D eigenvalue weighted by molar-refractivity contribution is 5.86. The molecule has 0 unspecified atom stereocenters. The number of nitrogens with one attached hydrogen (secondary N) is 1. The van der Waals surface area contributed by atoms with E-state index >= 15 is 0 Å². The summed E-state index contributed by atoms with van der Waals surface area (Å²) in [6, 6.07) is 1.58. The summed E-state index contributed by atoms with van der Waals surface area (Å²) in [5.41, 5.74) is 0.533. The SMILES string of the molecule is C=CC(=O)NCc1ccnn1CC(F)F. The average Bonchev–Trinajstić information content (AvgIpc) is 2.61. The number of alkyl halides is 2. The van der Waals surface area contributed by atoms with Gasteiger partial charge in [0.2, 0.25) is 5.91 Å². The van der Waals surface area contributed by atoms with Crippen molar-refractivity contribution < 1.29 is 13.6 Å². The summed E-state index contributed by atoms with van der Waals surface area (Å²) in [6.45, 7) is 2.98. The minimum atomic E-state index is -2.46.